The molecule has 1 amide bonds. The molecule has 0 N–H and O–H groups in total. The van der Waals surface area contributed by atoms with Crippen LogP contribution in [0, 0.1) is 10.1 Å². The van der Waals surface area contributed by atoms with Crippen LogP contribution in [0.2, 0.25) is 0 Å². The van der Waals surface area contributed by atoms with E-state index < -0.39 is 22.8 Å². The van der Waals surface area contributed by atoms with Gasteiger partial charge in [0.05, 0.1) is 12.0 Å². The highest BCUT2D eigenvalue weighted by atomic mass is 16.6. The highest BCUT2D eigenvalue weighted by Crippen LogP contribution is 2.20. The number of nitrogens with zero attached hydrogens (tertiary/aromatic N) is 2. The molecule has 0 fully saturated rings. The van der Waals surface area contributed by atoms with Gasteiger partial charge in [-0.2, -0.15) is 0 Å². The number of para-hydroxylation sites is 1. The molecule has 108 valence electrons. The predicted molar refractivity (Wildman–Crippen MR) is 71.3 cm³/mol. The third-order valence-corrected chi connectivity index (χ3v) is 2.98. The van der Waals surface area contributed by atoms with Crippen LogP contribution in [-0.4, -0.2) is 41.9 Å². The zero-order chi connectivity index (χ0) is 15.3. The number of rotatable bonds is 5. The fraction of sp³-hybridized carbons (Fsp3) is 0.385. The third kappa shape index (κ3) is 3.11. The zero-order valence-electron chi connectivity index (χ0n) is 11.5. The van der Waals surface area contributed by atoms with Crippen LogP contribution in [-0.2, 0) is 9.53 Å². The summed E-state index contributed by atoms with van der Waals surface area (Å²) in [5.74, 6) is -1.14. The van der Waals surface area contributed by atoms with Crippen molar-refractivity contribution in [1.82, 2.24) is 4.90 Å². The summed E-state index contributed by atoms with van der Waals surface area (Å²) in [5, 5.41) is 10.9. The van der Waals surface area contributed by atoms with Gasteiger partial charge < -0.3 is 9.64 Å². The number of nitro benzene ring substituents is 1. The lowest BCUT2D eigenvalue weighted by Gasteiger charge is -2.24. The van der Waals surface area contributed by atoms with Crippen molar-refractivity contribution in [2.45, 2.75) is 19.4 Å². The van der Waals surface area contributed by atoms with Gasteiger partial charge in [0.15, 0.2) is 0 Å². The normalized spacial score (nSPS) is 11.6. The molecule has 0 aliphatic rings. The Labute approximate surface area is 116 Å². The molecule has 0 aromatic heterocycles. The molecule has 1 aromatic carbocycles. The molecule has 1 atom stereocenters. The number of hydrogen-bond acceptors (Lipinski definition) is 5. The van der Waals surface area contributed by atoms with Crippen molar-refractivity contribution in [3.63, 3.8) is 0 Å². The maximum absolute atomic E-state index is 12.3. The van der Waals surface area contributed by atoms with Gasteiger partial charge >= 0.3 is 5.97 Å². The van der Waals surface area contributed by atoms with E-state index in [0.29, 0.717) is 6.42 Å². The van der Waals surface area contributed by atoms with Crippen LogP contribution in [0.3, 0.4) is 0 Å². The number of esters is 1. The molecule has 0 aliphatic carbocycles. The number of carbonyl (C=O) groups excluding carboxylic acids is 2. The fourth-order valence-electron chi connectivity index (χ4n) is 1.88. The Morgan fingerprint density at radius 1 is 1.40 bits per heavy atom. The van der Waals surface area contributed by atoms with E-state index in [-0.39, 0.29) is 11.3 Å². The Morgan fingerprint density at radius 3 is 2.50 bits per heavy atom. The van der Waals surface area contributed by atoms with Gasteiger partial charge in [-0.1, -0.05) is 19.1 Å². The second-order valence-electron chi connectivity index (χ2n) is 4.14. The van der Waals surface area contributed by atoms with E-state index in [2.05, 4.69) is 4.74 Å². The summed E-state index contributed by atoms with van der Waals surface area (Å²) in [4.78, 5) is 35.4. The summed E-state index contributed by atoms with van der Waals surface area (Å²) >= 11 is 0. The second kappa shape index (κ2) is 6.65. The predicted octanol–water partition coefficient (Wildman–Crippen LogP) is 1.62. The Balaban J connectivity index is 3.11. The van der Waals surface area contributed by atoms with Gasteiger partial charge in [-0.05, 0) is 12.5 Å². The fourth-order valence-corrected chi connectivity index (χ4v) is 1.88. The second-order valence-corrected chi connectivity index (χ2v) is 4.14. The third-order valence-electron chi connectivity index (χ3n) is 2.98. The lowest BCUT2D eigenvalue weighted by atomic mass is 10.1. The SMILES string of the molecule is CCC(C(=O)OC)N(C)C(=O)c1ccccc1[N+](=O)[O-]. The van der Waals surface area contributed by atoms with E-state index >= 15 is 0 Å². The number of likely N-dealkylation sites (N-methyl/N-ethyl adjacent to an activating group) is 1. The lowest BCUT2D eigenvalue weighted by molar-refractivity contribution is -0.385. The molecule has 1 rings (SSSR count). The minimum atomic E-state index is -0.771. The van der Waals surface area contributed by atoms with Crippen LogP contribution >= 0.6 is 0 Å². The Hall–Kier alpha value is -2.44. The maximum Gasteiger partial charge on any atom is 0.328 e. The van der Waals surface area contributed by atoms with Gasteiger partial charge in [-0.3, -0.25) is 14.9 Å². The average molecular weight is 280 g/mol. The first-order chi connectivity index (χ1) is 9.43. The van der Waals surface area contributed by atoms with Gasteiger partial charge in [-0.25, -0.2) is 4.79 Å². The molecule has 0 bridgehead atoms. The number of nitro groups is 1. The van der Waals surface area contributed by atoms with Crippen molar-refractivity contribution in [1.29, 1.82) is 0 Å². The Kier molecular flexibility index (Phi) is 5.19. The smallest absolute Gasteiger partial charge is 0.328 e. The molecular formula is C13H16N2O5. The van der Waals surface area contributed by atoms with E-state index in [4.69, 9.17) is 0 Å². The minimum Gasteiger partial charge on any atom is -0.467 e. The summed E-state index contributed by atoms with van der Waals surface area (Å²) in [7, 11) is 2.65. The van der Waals surface area contributed by atoms with Gasteiger partial charge in [-0.15, -0.1) is 0 Å². The van der Waals surface area contributed by atoms with Gasteiger partial charge in [0, 0.05) is 13.1 Å². The quantitative estimate of drug-likeness (QED) is 0.464. The summed E-state index contributed by atoms with van der Waals surface area (Å²) < 4.78 is 4.62. The summed E-state index contributed by atoms with van der Waals surface area (Å²) in [6, 6.07) is 4.85. The van der Waals surface area contributed by atoms with E-state index in [1.807, 2.05) is 0 Å². The standard InChI is InChI=1S/C13H16N2O5/c1-4-10(13(17)20-3)14(2)12(16)9-7-5-6-8-11(9)15(18)19/h5-8,10H,4H2,1-3H3. The number of benzene rings is 1. The first kappa shape index (κ1) is 15.6. The van der Waals surface area contributed by atoms with Crippen molar-refractivity contribution in [3.8, 4) is 0 Å². The molecule has 20 heavy (non-hydrogen) atoms. The first-order valence-corrected chi connectivity index (χ1v) is 6.02. The number of methoxy groups -OCH3 is 1. The molecule has 0 aliphatic heterocycles. The molecule has 7 heteroatoms. The van der Waals surface area contributed by atoms with Crippen molar-refractivity contribution in [2.75, 3.05) is 14.2 Å². The number of ether oxygens (including phenoxy) is 1. The zero-order valence-corrected chi connectivity index (χ0v) is 11.5. The molecule has 0 saturated carbocycles. The van der Waals surface area contributed by atoms with Crippen LogP contribution in [0.5, 0.6) is 0 Å². The molecule has 0 radical (unpaired) electrons. The van der Waals surface area contributed by atoms with E-state index in [1.165, 1.54) is 38.4 Å². The van der Waals surface area contributed by atoms with Crippen molar-refractivity contribution >= 4 is 17.6 Å². The van der Waals surface area contributed by atoms with Crippen LogP contribution in [0.4, 0.5) is 5.69 Å². The van der Waals surface area contributed by atoms with Gasteiger partial charge in [0.1, 0.15) is 11.6 Å². The molecule has 7 nitrogen and oxygen atoms in total. The largest absolute Gasteiger partial charge is 0.467 e. The Morgan fingerprint density at radius 2 is 2.00 bits per heavy atom. The molecule has 0 heterocycles. The topological polar surface area (TPSA) is 89.8 Å². The summed E-state index contributed by atoms with van der Waals surface area (Å²) in [6.07, 6.45) is 0.357. The lowest BCUT2D eigenvalue weighted by Crippen LogP contribution is -2.42. The molecule has 0 spiro atoms. The number of hydrogen-bond donors (Lipinski definition) is 0. The van der Waals surface area contributed by atoms with E-state index in [0.717, 1.165) is 4.90 Å². The highest BCUT2D eigenvalue weighted by molar-refractivity contribution is 5.99. The first-order valence-electron chi connectivity index (χ1n) is 6.02. The molecular weight excluding hydrogens is 264 g/mol. The maximum atomic E-state index is 12.3. The molecule has 1 unspecified atom stereocenters. The monoisotopic (exact) mass is 280 g/mol. The van der Waals surface area contributed by atoms with Crippen LogP contribution in [0.25, 0.3) is 0 Å². The van der Waals surface area contributed by atoms with Gasteiger partial charge in [0.2, 0.25) is 0 Å². The Bertz CT molecular complexity index is 529. The van der Waals surface area contributed by atoms with E-state index in [1.54, 1.807) is 6.92 Å². The van der Waals surface area contributed by atoms with Crippen LogP contribution in [0.1, 0.15) is 23.7 Å². The molecule has 1 aromatic rings. The van der Waals surface area contributed by atoms with E-state index in [9.17, 15) is 19.7 Å². The summed E-state index contributed by atoms with van der Waals surface area (Å²) in [5.41, 5.74) is -0.341. The van der Waals surface area contributed by atoms with Crippen LogP contribution in [0.15, 0.2) is 24.3 Å². The highest BCUT2D eigenvalue weighted by Gasteiger charge is 2.30. The van der Waals surface area contributed by atoms with Crippen molar-refractivity contribution in [2.24, 2.45) is 0 Å². The number of amides is 1. The van der Waals surface area contributed by atoms with Crippen LogP contribution < -0.4 is 0 Å². The molecule has 0 saturated heterocycles. The average Bonchev–Trinajstić information content (AvgIpc) is 2.46. The van der Waals surface area contributed by atoms with Gasteiger partial charge in [0.25, 0.3) is 11.6 Å². The van der Waals surface area contributed by atoms with Crippen molar-refractivity contribution < 1.29 is 19.2 Å². The number of carbonyl (C=O) groups is 2. The summed E-state index contributed by atoms with van der Waals surface area (Å²) in [6.45, 7) is 1.73. The minimum absolute atomic E-state index is 0.0534. The van der Waals surface area contributed by atoms with Crippen molar-refractivity contribution in [3.05, 3.63) is 39.9 Å².